The van der Waals surface area contributed by atoms with E-state index >= 15 is 0 Å². The second kappa shape index (κ2) is 8.33. The number of aryl methyl sites for hydroxylation is 2. The molecule has 30 heavy (non-hydrogen) atoms. The maximum atomic E-state index is 13.0. The highest BCUT2D eigenvalue weighted by molar-refractivity contribution is 7.90. The fourth-order valence-electron chi connectivity index (χ4n) is 2.96. The lowest BCUT2D eigenvalue weighted by Gasteiger charge is -2.11. The molecule has 0 unspecified atom stereocenters. The van der Waals surface area contributed by atoms with Crippen LogP contribution in [0.3, 0.4) is 0 Å². The molecular weight excluding hydrogens is 426 g/mol. The number of aromatic nitrogens is 1. The van der Waals surface area contributed by atoms with Crippen LogP contribution in [0.15, 0.2) is 58.5 Å². The highest BCUT2D eigenvalue weighted by Crippen LogP contribution is 2.24. The number of nitrogens with zero attached hydrogens (tertiary/aromatic N) is 2. The zero-order valence-corrected chi connectivity index (χ0v) is 18.1. The molecule has 0 fully saturated rings. The smallest absolute Gasteiger partial charge is 0.271 e. The van der Waals surface area contributed by atoms with Gasteiger partial charge >= 0.3 is 0 Å². The molecule has 0 bridgehead atoms. The van der Waals surface area contributed by atoms with Crippen molar-refractivity contribution in [3.8, 4) is 5.75 Å². The number of hydrazone groups is 1. The van der Waals surface area contributed by atoms with Crippen molar-refractivity contribution >= 4 is 33.7 Å². The van der Waals surface area contributed by atoms with E-state index in [-0.39, 0.29) is 21.2 Å². The third kappa shape index (κ3) is 4.24. The van der Waals surface area contributed by atoms with Gasteiger partial charge in [-0.25, -0.2) is 17.8 Å². The van der Waals surface area contributed by atoms with Crippen molar-refractivity contribution in [3.63, 3.8) is 0 Å². The van der Waals surface area contributed by atoms with E-state index in [0.717, 1.165) is 5.56 Å². The molecule has 9 heteroatoms. The minimum atomic E-state index is -3.76. The van der Waals surface area contributed by atoms with Crippen LogP contribution in [0.5, 0.6) is 5.75 Å². The summed E-state index contributed by atoms with van der Waals surface area (Å²) in [5.74, 6) is -0.645. The van der Waals surface area contributed by atoms with Gasteiger partial charge < -0.3 is 5.11 Å². The molecule has 2 N–H and O–H groups in total. The third-order valence-electron chi connectivity index (χ3n) is 4.55. The summed E-state index contributed by atoms with van der Waals surface area (Å²) >= 11 is 5.80. The third-order valence-corrected chi connectivity index (χ3v) is 6.76. The predicted molar refractivity (Wildman–Crippen MR) is 116 cm³/mol. The number of rotatable bonds is 5. The average molecular weight is 446 g/mol. The molecule has 1 aromatic heterocycles. The van der Waals surface area contributed by atoms with E-state index in [4.69, 9.17) is 11.6 Å². The molecule has 0 saturated carbocycles. The van der Waals surface area contributed by atoms with Gasteiger partial charge in [0.1, 0.15) is 5.75 Å². The van der Waals surface area contributed by atoms with E-state index in [1.165, 1.54) is 28.4 Å². The summed E-state index contributed by atoms with van der Waals surface area (Å²) in [6, 6.07) is 12.3. The highest BCUT2D eigenvalue weighted by Gasteiger charge is 2.22. The van der Waals surface area contributed by atoms with E-state index in [0.29, 0.717) is 17.0 Å². The molecule has 3 rings (SSSR count). The summed E-state index contributed by atoms with van der Waals surface area (Å²) in [5.41, 5.74) is 5.09. The Morgan fingerprint density at radius 2 is 1.77 bits per heavy atom. The molecule has 0 aliphatic rings. The molecule has 2 aromatic carbocycles. The summed E-state index contributed by atoms with van der Waals surface area (Å²) in [4.78, 5) is 12.4. The quantitative estimate of drug-likeness (QED) is 0.461. The van der Waals surface area contributed by atoms with Gasteiger partial charge in [0.25, 0.3) is 15.9 Å². The van der Waals surface area contributed by atoms with Crippen molar-refractivity contribution in [1.82, 2.24) is 9.40 Å². The van der Waals surface area contributed by atoms with E-state index < -0.39 is 15.9 Å². The molecular formula is C21H20ClN3O4S. The van der Waals surface area contributed by atoms with Gasteiger partial charge in [-0.2, -0.15) is 5.10 Å². The topological polar surface area (TPSA) is 101 Å². The van der Waals surface area contributed by atoms with Crippen molar-refractivity contribution in [2.75, 3.05) is 0 Å². The number of nitrogens with one attached hydrogen (secondary N) is 1. The number of halogens is 1. The van der Waals surface area contributed by atoms with Gasteiger partial charge in [0.05, 0.1) is 16.1 Å². The van der Waals surface area contributed by atoms with Crippen molar-refractivity contribution in [2.24, 2.45) is 5.10 Å². The summed E-state index contributed by atoms with van der Waals surface area (Å²) in [6.07, 6.45) is 1.38. The Kier molecular flexibility index (Phi) is 6.00. The first-order valence-electron chi connectivity index (χ1n) is 8.94. The van der Waals surface area contributed by atoms with E-state index in [1.807, 2.05) is 6.92 Å². The van der Waals surface area contributed by atoms with E-state index in [9.17, 15) is 18.3 Å². The number of carbonyl (C=O) groups excluding carboxylic acids is 1. The summed E-state index contributed by atoms with van der Waals surface area (Å²) in [5, 5.41) is 13.4. The van der Waals surface area contributed by atoms with Gasteiger partial charge in [-0.05, 0) is 57.2 Å². The van der Waals surface area contributed by atoms with Crippen LogP contribution in [-0.2, 0) is 10.0 Å². The van der Waals surface area contributed by atoms with E-state index in [1.54, 1.807) is 44.2 Å². The number of carbonyl (C=O) groups is 1. The zero-order chi connectivity index (χ0) is 22.1. The Balaban J connectivity index is 1.84. The van der Waals surface area contributed by atoms with Crippen molar-refractivity contribution in [2.45, 2.75) is 25.7 Å². The van der Waals surface area contributed by atoms with Crippen molar-refractivity contribution in [1.29, 1.82) is 0 Å². The molecule has 1 heterocycles. The second-order valence-electron chi connectivity index (χ2n) is 6.77. The fraction of sp³-hybridized carbons (Fsp3) is 0.143. The Morgan fingerprint density at radius 1 is 1.10 bits per heavy atom. The van der Waals surface area contributed by atoms with E-state index in [2.05, 4.69) is 10.5 Å². The van der Waals surface area contributed by atoms with Crippen LogP contribution in [0.4, 0.5) is 0 Å². The molecule has 0 aliphatic heterocycles. The maximum Gasteiger partial charge on any atom is 0.271 e. The normalized spacial score (nSPS) is 11.7. The SMILES string of the molecule is Cc1ccc(S(=O)(=O)n2c(C)cc(/C=N/NC(=O)c3ccc(O)c(Cl)c3)c2C)cc1. The molecule has 1 amide bonds. The lowest BCUT2D eigenvalue weighted by atomic mass is 10.2. The van der Waals surface area contributed by atoms with Gasteiger partial charge in [-0.3, -0.25) is 4.79 Å². The van der Waals surface area contributed by atoms with Crippen LogP contribution in [-0.4, -0.2) is 29.6 Å². The Labute approximate surface area is 179 Å². The first-order chi connectivity index (χ1) is 14.1. The van der Waals surface area contributed by atoms with Crippen LogP contribution in [0.2, 0.25) is 5.02 Å². The van der Waals surface area contributed by atoms with Gasteiger partial charge in [0, 0.05) is 22.5 Å². The van der Waals surface area contributed by atoms with Crippen molar-refractivity contribution < 1.29 is 18.3 Å². The van der Waals surface area contributed by atoms with Crippen LogP contribution in [0, 0.1) is 20.8 Å². The molecule has 0 aliphatic carbocycles. The Bertz CT molecular complexity index is 1250. The zero-order valence-electron chi connectivity index (χ0n) is 16.5. The van der Waals surface area contributed by atoms with Gasteiger partial charge in [-0.15, -0.1) is 0 Å². The van der Waals surface area contributed by atoms with Crippen LogP contribution in [0.1, 0.15) is 32.9 Å². The summed E-state index contributed by atoms with van der Waals surface area (Å²) in [6.45, 7) is 5.24. The molecule has 7 nitrogen and oxygen atoms in total. The molecule has 0 saturated heterocycles. The minimum Gasteiger partial charge on any atom is -0.506 e. The number of phenolic OH excluding ortho intramolecular Hbond substituents is 1. The first kappa shape index (κ1) is 21.6. The average Bonchev–Trinajstić information content (AvgIpc) is 2.98. The Hall–Kier alpha value is -3.10. The lowest BCUT2D eigenvalue weighted by molar-refractivity contribution is 0.0955. The number of phenols is 1. The minimum absolute atomic E-state index is 0.0523. The molecule has 3 aromatic rings. The van der Waals surface area contributed by atoms with Crippen LogP contribution >= 0.6 is 11.6 Å². The van der Waals surface area contributed by atoms with Gasteiger partial charge in [0.15, 0.2) is 0 Å². The number of amides is 1. The molecule has 0 spiro atoms. The molecule has 156 valence electrons. The lowest BCUT2D eigenvalue weighted by Crippen LogP contribution is -2.18. The number of benzene rings is 2. The predicted octanol–water partition coefficient (Wildman–Crippen LogP) is 3.77. The number of hydrogen-bond acceptors (Lipinski definition) is 5. The maximum absolute atomic E-state index is 13.0. The van der Waals surface area contributed by atoms with Crippen molar-refractivity contribution in [3.05, 3.63) is 81.6 Å². The van der Waals surface area contributed by atoms with Gasteiger partial charge in [-0.1, -0.05) is 29.3 Å². The molecule has 0 atom stereocenters. The largest absolute Gasteiger partial charge is 0.506 e. The first-order valence-corrected chi connectivity index (χ1v) is 10.8. The van der Waals surface area contributed by atoms with Crippen LogP contribution in [0.25, 0.3) is 0 Å². The standard InChI is InChI=1S/C21H20ClN3O4S/c1-13-4-7-18(8-5-13)30(28,29)25-14(2)10-17(15(25)3)12-23-24-21(27)16-6-9-20(26)19(22)11-16/h4-12,26H,1-3H3,(H,24,27)/b23-12+. The summed E-state index contributed by atoms with van der Waals surface area (Å²) < 4.78 is 27.3. The monoisotopic (exact) mass is 445 g/mol. The fourth-order valence-corrected chi connectivity index (χ4v) is 4.73. The summed E-state index contributed by atoms with van der Waals surface area (Å²) in [7, 11) is -3.76. The number of aromatic hydroxyl groups is 1. The Morgan fingerprint density at radius 3 is 2.40 bits per heavy atom. The number of hydrogen-bond donors (Lipinski definition) is 2. The van der Waals surface area contributed by atoms with Crippen LogP contribution < -0.4 is 5.43 Å². The highest BCUT2D eigenvalue weighted by atomic mass is 35.5. The second-order valence-corrected chi connectivity index (χ2v) is 8.97. The van der Waals surface area contributed by atoms with Gasteiger partial charge in [0.2, 0.25) is 0 Å². The molecule has 0 radical (unpaired) electrons.